The molecule has 1 spiro atoms. The summed E-state index contributed by atoms with van der Waals surface area (Å²) < 4.78 is 5.62. The van der Waals surface area contributed by atoms with E-state index in [4.69, 9.17) is 14.6 Å². The number of cyclic esters (lactones) is 1. The zero-order valence-corrected chi connectivity index (χ0v) is 19.4. The van der Waals surface area contributed by atoms with Gasteiger partial charge in [-0.25, -0.2) is 9.97 Å². The summed E-state index contributed by atoms with van der Waals surface area (Å²) >= 11 is 0. The van der Waals surface area contributed by atoms with Gasteiger partial charge in [-0.1, -0.05) is 0 Å². The van der Waals surface area contributed by atoms with Crippen molar-refractivity contribution in [3.63, 3.8) is 0 Å². The predicted octanol–water partition coefficient (Wildman–Crippen LogP) is -0.215. The standard InChI is InChI=1S/C21H32N6O3.CH2O2/c1-24(2)15-17-14-21(19(29)30-17)4-8-26(9-5-21)18(28)16-25-10-12-27(13-11-25)20-22-6-3-7-23-20;2-1-3/h3,6-7,17H,4-5,8-16H2,1-2H3;1H,(H,2,3). The van der Waals surface area contributed by atoms with Crippen LogP contribution >= 0.6 is 0 Å². The van der Waals surface area contributed by atoms with Crippen molar-refractivity contribution in [2.75, 3.05) is 71.4 Å². The van der Waals surface area contributed by atoms with Gasteiger partial charge in [0.15, 0.2) is 0 Å². The molecule has 4 rings (SSSR count). The lowest BCUT2D eigenvalue weighted by molar-refractivity contribution is -0.153. The SMILES string of the molecule is CN(C)CC1CC2(CCN(C(=O)CN3CCN(c4ncccn4)CC3)CC2)C(=O)O1.O=CO. The Bertz CT molecular complexity index is 792. The Morgan fingerprint density at radius 1 is 1.18 bits per heavy atom. The third-order valence-electron chi connectivity index (χ3n) is 6.53. The van der Waals surface area contributed by atoms with Gasteiger partial charge in [0.1, 0.15) is 6.10 Å². The number of piperazine rings is 1. The second kappa shape index (κ2) is 11.4. The van der Waals surface area contributed by atoms with E-state index in [0.717, 1.165) is 45.1 Å². The van der Waals surface area contributed by atoms with Gasteiger partial charge in [0.05, 0.1) is 12.0 Å². The first-order chi connectivity index (χ1) is 15.9. The van der Waals surface area contributed by atoms with Gasteiger partial charge in [-0.3, -0.25) is 19.3 Å². The van der Waals surface area contributed by atoms with Crippen molar-refractivity contribution in [3.05, 3.63) is 18.5 Å². The van der Waals surface area contributed by atoms with E-state index in [9.17, 15) is 9.59 Å². The molecule has 3 fully saturated rings. The average Bonchev–Trinajstić information content (AvgIpc) is 3.09. The van der Waals surface area contributed by atoms with Gasteiger partial charge in [-0.2, -0.15) is 0 Å². The molecule has 3 saturated heterocycles. The number of carbonyl (C=O) groups excluding carboxylic acids is 2. The molecular formula is C22H34N6O5. The highest BCUT2D eigenvalue weighted by molar-refractivity contribution is 5.81. The van der Waals surface area contributed by atoms with Gasteiger partial charge in [-0.15, -0.1) is 0 Å². The average molecular weight is 463 g/mol. The number of rotatable bonds is 5. The number of nitrogens with zero attached hydrogens (tertiary/aromatic N) is 6. The quantitative estimate of drug-likeness (QED) is 0.465. The van der Waals surface area contributed by atoms with Crippen LogP contribution in [0.3, 0.4) is 0 Å². The third-order valence-corrected chi connectivity index (χ3v) is 6.53. The van der Waals surface area contributed by atoms with Gasteiger partial charge in [0.25, 0.3) is 6.47 Å². The summed E-state index contributed by atoms with van der Waals surface area (Å²) in [6.07, 6.45) is 5.67. The molecule has 33 heavy (non-hydrogen) atoms. The molecule has 182 valence electrons. The molecule has 0 radical (unpaired) electrons. The lowest BCUT2D eigenvalue weighted by Gasteiger charge is -2.39. The number of likely N-dealkylation sites (tertiary alicyclic amines) is 1. The first kappa shape index (κ1) is 24.8. The molecule has 1 atom stereocenters. The van der Waals surface area contributed by atoms with Gasteiger partial charge >= 0.3 is 5.97 Å². The minimum absolute atomic E-state index is 0.0281. The first-order valence-electron chi connectivity index (χ1n) is 11.3. The van der Waals surface area contributed by atoms with Crippen LogP contribution in [0, 0.1) is 5.41 Å². The molecule has 1 N–H and O–H groups in total. The molecule has 0 saturated carbocycles. The summed E-state index contributed by atoms with van der Waals surface area (Å²) in [5.74, 6) is 0.840. The van der Waals surface area contributed by atoms with Crippen LogP contribution in [0.1, 0.15) is 19.3 Å². The van der Waals surface area contributed by atoms with Crippen LogP contribution < -0.4 is 4.90 Å². The van der Waals surface area contributed by atoms with Gasteiger partial charge in [-0.05, 0) is 33.0 Å². The van der Waals surface area contributed by atoms with Crippen LogP contribution in [-0.4, -0.2) is 121 Å². The number of esters is 1. The molecule has 11 nitrogen and oxygen atoms in total. The van der Waals surface area contributed by atoms with Crippen LogP contribution in [0.5, 0.6) is 0 Å². The number of carboxylic acid groups (broad SMARTS) is 1. The van der Waals surface area contributed by atoms with Crippen LogP contribution in [-0.2, 0) is 19.1 Å². The number of ether oxygens (including phenoxy) is 1. The van der Waals surface area contributed by atoms with Crippen LogP contribution in [0.2, 0.25) is 0 Å². The number of aromatic nitrogens is 2. The summed E-state index contributed by atoms with van der Waals surface area (Å²) in [4.78, 5) is 50.7. The molecular weight excluding hydrogens is 428 g/mol. The normalized spacial score (nSPS) is 22.6. The summed E-state index contributed by atoms with van der Waals surface area (Å²) in [5, 5.41) is 6.89. The summed E-state index contributed by atoms with van der Waals surface area (Å²) in [6.45, 7) is 5.50. The largest absolute Gasteiger partial charge is 0.483 e. The molecule has 0 aliphatic carbocycles. The van der Waals surface area contributed by atoms with Crippen molar-refractivity contribution in [1.29, 1.82) is 0 Å². The van der Waals surface area contributed by atoms with Gasteiger partial charge in [0.2, 0.25) is 11.9 Å². The molecule has 1 unspecified atom stereocenters. The van der Waals surface area contributed by atoms with Crippen LogP contribution in [0.15, 0.2) is 18.5 Å². The minimum atomic E-state index is -0.390. The Hall–Kier alpha value is -2.79. The monoisotopic (exact) mass is 462 g/mol. The van der Waals surface area contributed by atoms with E-state index in [1.165, 1.54) is 0 Å². The number of likely N-dealkylation sites (N-methyl/N-ethyl adjacent to an activating group) is 1. The van der Waals surface area contributed by atoms with Crippen molar-refractivity contribution in [2.45, 2.75) is 25.4 Å². The van der Waals surface area contributed by atoms with Crippen LogP contribution in [0.25, 0.3) is 0 Å². The molecule has 3 aliphatic heterocycles. The zero-order valence-electron chi connectivity index (χ0n) is 19.4. The summed E-state index contributed by atoms with van der Waals surface area (Å²) in [7, 11) is 3.99. The van der Waals surface area contributed by atoms with E-state index >= 15 is 0 Å². The Kier molecular flexibility index (Phi) is 8.56. The fraction of sp³-hybridized carbons (Fsp3) is 0.682. The zero-order chi connectivity index (χ0) is 23.8. The maximum absolute atomic E-state index is 12.8. The maximum Gasteiger partial charge on any atom is 0.312 e. The molecule has 1 aromatic rings. The van der Waals surface area contributed by atoms with Crippen molar-refractivity contribution >= 4 is 24.3 Å². The van der Waals surface area contributed by atoms with Crippen molar-refractivity contribution in [3.8, 4) is 0 Å². The number of hydrogen-bond acceptors (Lipinski definition) is 9. The molecule has 4 heterocycles. The van der Waals surface area contributed by atoms with E-state index in [1.807, 2.05) is 25.1 Å². The number of amides is 1. The Balaban J connectivity index is 0.000000968. The van der Waals surface area contributed by atoms with Crippen molar-refractivity contribution < 1.29 is 24.2 Å². The topological polar surface area (TPSA) is 119 Å². The van der Waals surface area contributed by atoms with Crippen LogP contribution in [0.4, 0.5) is 5.95 Å². The molecule has 0 aromatic carbocycles. The number of carbonyl (C=O) groups is 3. The fourth-order valence-electron chi connectivity index (χ4n) is 4.79. The number of piperidine rings is 1. The highest BCUT2D eigenvalue weighted by atomic mass is 16.6. The molecule has 3 aliphatic rings. The Labute approximate surface area is 194 Å². The fourth-order valence-corrected chi connectivity index (χ4v) is 4.79. The number of hydrogen-bond donors (Lipinski definition) is 1. The number of anilines is 1. The molecule has 0 bridgehead atoms. The summed E-state index contributed by atoms with van der Waals surface area (Å²) in [5.41, 5.74) is -0.390. The highest BCUT2D eigenvalue weighted by Crippen LogP contribution is 2.43. The second-order valence-corrected chi connectivity index (χ2v) is 9.07. The second-order valence-electron chi connectivity index (χ2n) is 9.07. The molecule has 1 aromatic heterocycles. The van der Waals surface area contributed by atoms with Crippen molar-refractivity contribution in [2.24, 2.45) is 5.41 Å². The van der Waals surface area contributed by atoms with Gasteiger partial charge in [0, 0.05) is 64.6 Å². The Morgan fingerprint density at radius 2 is 1.79 bits per heavy atom. The van der Waals surface area contributed by atoms with Crippen molar-refractivity contribution in [1.82, 2.24) is 24.7 Å². The summed E-state index contributed by atoms with van der Waals surface area (Å²) in [6, 6.07) is 1.81. The highest BCUT2D eigenvalue weighted by Gasteiger charge is 2.50. The Morgan fingerprint density at radius 3 is 2.36 bits per heavy atom. The van der Waals surface area contributed by atoms with E-state index in [0.29, 0.717) is 32.5 Å². The minimum Gasteiger partial charge on any atom is -0.483 e. The first-order valence-corrected chi connectivity index (χ1v) is 11.3. The lowest BCUT2D eigenvalue weighted by Crippen LogP contribution is -2.52. The molecule has 11 heteroatoms. The smallest absolute Gasteiger partial charge is 0.312 e. The third kappa shape index (κ3) is 6.38. The predicted molar refractivity (Wildman–Crippen MR) is 121 cm³/mol. The van der Waals surface area contributed by atoms with Gasteiger partial charge < -0.3 is 24.5 Å². The molecule has 1 amide bonds. The van der Waals surface area contributed by atoms with E-state index < -0.39 is 5.41 Å². The maximum atomic E-state index is 12.8. The lowest BCUT2D eigenvalue weighted by atomic mass is 9.76. The van der Waals surface area contributed by atoms with E-state index in [-0.39, 0.29) is 24.5 Å². The van der Waals surface area contributed by atoms with E-state index in [2.05, 4.69) is 24.7 Å². The van der Waals surface area contributed by atoms with E-state index in [1.54, 1.807) is 12.4 Å².